The maximum Gasteiger partial charge on any atom is 0.433 e. The van der Waals surface area contributed by atoms with Gasteiger partial charge in [-0.15, -0.1) is 0 Å². The number of benzene rings is 2. The van der Waals surface area contributed by atoms with Crippen molar-refractivity contribution in [2.45, 2.75) is 43.9 Å². The van der Waals surface area contributed by atoms with Gasteiger partial charge in [0.05, 0.1) is 16.1 Å². The summed E-state index contributed by atoms with van der Waals surface area (Å²) in [6, 6.07) is 12.9. The summed E-state index contributed by atoms with van der Waals surface area (Å²) in [5.74, 6) is -0.198. The van der Waals surface area contributed by atoms with E-state index in [1.54, 1.807) is 42.5 Å². The Labute approximate surface area is 202 Å². The molecule has 1 aliphatic carbocycles. The number of carbonyl (C=O) groups excluding carboxylic acids is 1. The molecule has 1 heterocycles. The summed E-state index contributed by atoms with van der Waals surface area (Å²) in [6.45, 7) is 0. The maximum atomic E-state index is 13.4. The Morgan fingerprint density at radius 1 is 1.09 bits per heavy atom. The van der Waals surface area contributed by atoms with Gasteiger partial charge in [-0.1, -0.05) is 35.9 Å². The summed E-state index contributed by atoms with van der Waals surface area (Å²) in [5, 5.41) is 7.50. The first-order valence-corrected chi connectivity index (χ1v) is 11.7. The van der Waals surface area contributed by atoms with Crippen LogP contribution in [0.3, 0.4) is 0 Å². The zero-order valence-corrected chi connectivity index (χ0v) is 19.8. The highest BCUT2D eigenvalue weighted by atomic mass is 127. The third-order valence-corrected chi connectivity index (χ3v) is 7.37. The van der Waals surface area contributed by atoms with E-state index in [0.29, 0.717) is 37.2 Å². The number of hydrogen-bond donors (Lipinski definition) is 2. The van der Waals surface area contributed by atoms with Gasteiger partial charge in [-0.2, -0.15) is 13.2 Å². The molecule has 1 fully saturated rings. The van der Waals surface area contributed by atoms with Crippen molar-refractivity contribution in [2.75, 3.05) is 5.32 Å². The van der Waals surface area contributed by atoms with E-state index < -0.39 is 11.9 Å². The third kappa shape index (κ3) is 5.11. The molecule has 32 heavy (non-hydrogen) atoms. The van der Waals surface area contributed by atoms with Gasteiger partial charge < -0.3 is 10.6 Å². The summed E-state index contributed by atoms with van der Waals surface area (Å²) in [5.41, 5.74) is 0.295. The van der Waals surface area contributed by atoms with Crippen LogP contribution in [-0.4, -0.2) is 23.0 Å². The number of nitrogens with zero attached hydrogens (tertiary/aromatic N) is 1. The number of nitrogens with one attached hydrogen (secondary N) is 2. The molecule has 2 N–H and O–H groups in total. The molecule has 4 nitrogen and oxygen atoms in total. The Hall–Kier alpha value is -2.07. The van der Waals surface area contributed by atoms with Gasteiger partial charge in [-0.05, 0) is 72.5 Å². The molecule has 1 aliphatic rings. The summed E-state index contributed by atoms with van der Waals surface area (Å²) >= 11 is 8.17. The molecule has 0 radical (unpaired) electrons. The first-order valence-electron chi connectivity index (χ1n) is 10.2. The van der Waals surface area contributed by atoms with E-state index in [-0.39, 0.29) is 18.0 Å². The molecule has 0 aliphatic heterocycles. The molecule has 168 valence electrons. The number of rotatable bonds is 4. The van der Waals surface area contributed by atoms with Crippen molar-refractivity contribution in [1.82, 2.24) is 10.3 Å². The molecule has 1 amide bonds. The van der Waals surface area contributed by atoms with Crippen LogP contribution >= 0.6 is 34.2 Å². The normalized spacial score (nSPS) is 19.0. The van der Waals surface area contributed by atoms with Gasteiger partial charge in [0.25, 0.3) is 5.91 Å². The fraction of sp³-hybridized carbons (Fsp3) is 0.304. The number of aromatic nitrogens is 1. The molecular weight excluding hydrogens is 554 g/mol. The fourth-order valence-corrected chi connectivity index (χ4v) is 4.83. The van der Waals surface area contributed by atoms with E-state index in [4.69, 9.17) is 11.6 Å². The maximum absolute atomic E-state index is 13.4. The van der Waals surface area contributed by atoms with E-state index in [9.17, 15) is 18.0 Å². The Balaban J connectivity index is 1.51. The number of carbonyl (C=O) groups is 1. The average molecular weight is 574 g/mol. The monoisotopic (exact) mass is 573 g/mol. The molecule has 3 aromatic rings. The summed E-state index contributed by atoms with van der Waals surface area (Å²) in [4.78, 5) is 16.5. The van der Waals surface area contributed by atoms with Crippen molar-refractivity contribution in [2.24, 2.45) is 0 Å². The Kier molecular flexibility index (Phi) is 6.80. The first-order chi connectivity index (χ1) is 15.2. The van der Waals surface area contributed by atoms with Gasteiger partial charge >= 0.3 is 6.18 Å². The number of hydrogen-bond acceptors (Lipinski definition) is 3. The smallest absolute Gasteiger partial charge is 0.382 e. The van der Waals surface area contributed by atoms with Crippen molar-refractivity contribution in [1.29, 1.82) is 0 Å². The molecule has 1 saturated carbocycles. The quantitative estimate of drug-likeness (QED) is 0.343. The van der Waals surface area contributed by atoms with Gasteiger partial charge in [0.1, 0.15) is 5.69 Å². The molecular formula is C23H20ClF3IN3O. The van der Waals surface area contributed by atoms with Gasteiger partial charge in [0, 0.05) is 26.7 Å². The van der Waals surface area contributed by atoms with Crippen LogP contribution in [0.2, 0.25) is 5.02 Å². The van der Waals surface area contributed by atoms with Crippen molar-refractivity contribution in [3.05, 3.63) is 68.4 Å². The molecule has 9 heteroatoms. The summed E-state index contributed by atoms with van der Waals surface area (Å²) < 4.78 is 40.8. The standard InChI is InChI=1S/C23H20ClF3IN3O/c24-17-9-4-8-16(21(17)28)22(32)30-14-6-3-5-13(11-14)29-19-12-20(23(25,26)27)31-18-10-2-1-7-15(18)19/h1-2,4,7-10,12-14H,3,5-6,11H2,(H,29,31)(H,30,32)/t13-,14+/m0/s1. The van der Waals surface area contributed by atoms with Gasteiger partial charge in [0.2, 0.25) is 0 Å². The highest BCUT2D eigenvalue weighted by Gasteiger charge is 2.34. The molecule has 0 spiro atoms. The number of anilines is 1. The zero-order valence-electron chi connectivity index (χ0n) is 16.8. The highest BCUT2D eigenvalue weighted by molar-refractivity contribution is 14.1. The minimum Gasteiger partial charge on any atom is -0.382 e. The Morgan fingerprint density at radius 2 is 1.84 bits per heavy atom. The second-order valence-corrected chi connectivity index (χ2v) is 9.34. The van der Waals surface area contributed by atoms with Crippen LogP contribution in [0.15, 0.2) is 48.5 Å². The van der Waals surface area contributed by atoms with E-state index in [1.807, 2.05) is 22.6 Å². The van der Waals surface area contributed by atoms with E-state index in [0.717, 1.165) is 25.3 Å². The predicted molar refractivity (Wildman–Crippen MR) is 128 cm³/mol. The van der Waals surface area contributed by atoms with Gasteiger partial charge in [-0.3, -0.25) is 4.79 Å². The van der Waals surface area contributed by atoms with Crippen LogP contribution in [0.1, 0.15) is 41.7 Å². The lowest BCUT2D eigenvalue weighted by atomic mass is 9.90. The average Bonchev–Trinajstić information content (AvgIpc) is 2.75. The van der Waals surface area contributed by atoms with E-state index in [1.165, 1.54) is 0 Å². The largest absolute Gasteiger partial charge is 0.433 e. The summed E-state index contributed by atoms with van der Waals surface area (Å²) in [6.07, 6.45) is -1.45. The van der Waals surface area contributed by atoms with Crippen LogP contribution in [0.4, 0.5) is 18.9 Å². The van der Waals surface area contributed by atoms with Crippen molar-refractivity contribution >= 4 is 56.7 Å². The molecule has 2 aromatic carbocycles. The second kappa shape index (κ2) is 9.43. The van der Waals surface area contributed by atoms with Crippen molar-refractivity contribution in [3.63, 3.8) is 0 Å². The minimum atomic E-state index is -4.53. The molecule has 0 saturated heterocycles. The van der Waals surface area contributed by atoms with Crippen LogP contribution in [0.25, 0.3) is 10.9 Å². The van der Waals surface area contributed by atoms with Crippen molar-refractivity contribution < 1.29 is 18.0 Å². The van der Waals surface area contributed by atoms with Crippen LogP contribution in [-0.2, 0) is 6.18 Å². The second-order valence-electron chi connectivity index (χ2n) is 7.85. The molecule has 1 aromatic heterocycles. The number of halogens is 5. The first kappa shape index (κ1) is 23.1. The van der Waals surface area contributed by atoms with Crippen LogP contribution in [0, 0.1) is 3.57 Å². The number of para-hydroxylation sites is 1. The third-order valence-electron chi connectivity index (χ3n) is 5.57. The fourth-order valence-electron chi connectivity index (χ4n) is 4.05. The highest BCUT2D eigenvalue weighted by Crippen LogP contribution is 2.34. The lowest BCUT2D eigenvalue weighted by Gasteiger charge is -2.31. The Morgan fingerprint density at radius 3 is 2.62 bits per heavy atom. The van der Waals surface area contributed by atoms with Crippen molar-refractivity contribution in [3.8, 4) is 0 Å². The number of alkyl halides is 3. The topological polar surface area (TPSA) is 54.0 Å². The lowest BCUT2D eigenvalue weighted by Crippen LogP contribution is -2.42. The molecule has 0 bridgehead atoms. The minimum absolute atomic E-state index is 0.0700. The number of pyridine rings is 1. The lowest BCUT2D eigenvalue weighted by molar-refractivity contribution is -0.140. The predicted octanol–water partition coefficient (Wildman–Crippen LogP) is 6.66. The van der Waals surface area contributed by atoms with Crippen LogP contribution in [0.5, 0.6) is 0 Å². The van der Waals surface area contributed by atoms with Crippen LogP contribution < -0.4 is 10.6 Å². The number of amides is 1. The number of fused-ring (bicyclic) bond motifs is 1. The van der Waals surface area contributed by atoms with E-state index >= 15 is 0 Å². The summed E-state index contributed by atoms with van der Waals surface area (Å²) in [7, 11) is 0. The molecule has 0 unspecified atom stereocenters. The SMILES string of the molecule is O=C(N[C@@H]1CCC[C@H](Nc2cc(C(F)(F)F)nc3ccccc23)C1)c1cccc(Cl)c1I. The van der Waals surface area contributed by atoms with Gasteiger partial charge in [0.15, 0.2) is 0 Å². The van der Waals surface area contributed by atoms with E-state index in [2.05, 4.69) is 15.6 Å². The Bertz CT molecular complexity index is 1160. The zero-order chi connectivity index (χ0) is 22.9. The molecule has 2 atom stereocenters. The van der Waals surface area contributed by atoms with Gasteiger partial charge in [-0.25, -0.2) is 4.98 Å². The molecule has 4 rings (SSSR count).